The molecule has 1 amide bonds. The Bertz CT molecular complexity index is 740. The quantitative estimate of drug-likeness (QED) is 0.830. The molecule has 0 aromatic carbocycles. The summed E-state index contributed by atoms with van der Waals surface area (Å²) in [6, 6.07) is 5.55. The maximum absolute atomic E-state index is 12.7. The van der Waals surface area contributed by atoms with Crippen LogP contribution in [0.3, 0.4) is 0 Å². The first-order valence-electron chi connectivity index (χ1n) is 7.10. The summed E-state index contributed by atoms with van der Waals surface area (Å²) in [4.78, 5) is 31.1. The van der Waals surface area contributed by atoms with Crippen LogP contribution in [0.2, 0.25) is 0 Å². The largest absolute Gasteiger partial charge is 0.333 e. The average molecular weight is 286 g/mol. The molecule has 6 nitrogen and oxygen atoms in total. The molecule has 0 radical (unpaired) electrons. The first-order valence-corrected chi connectivity index (χ1v) is 7.10. The van der Waals surface area contributed by atoms with Crippen LogP contribution >= 0.6 is 0 Å². The third-order valence-electron chi connectivity index (χ3n) is 4.14. The summed E-state index contributed by atoms with van der Waals surface area (Å²) in [7, 11) is 0. The number of hydrogen-bond donors (Lipinski definition) is 1. The number of nitrogens with one attached hydrogen (secondary N) is 1. The minimum atomic E-state index is -0.316. The molecule has 6 heteroatoms. The number of carbonyl (C=O) groups is 1. The van der Waals surface area contributed by atoms with Gasteiger partial charge in [0.25, 0.3) is 11.5 Å². The van der Waals surface area contributed by atoms with E-state index >= 15 is 0 Å². The number of carbonyl (C=O) groups excluding carboxylic acids is 1. The van der Waals surface area contributed by atoms with E-state index in [9.17, 15) is 9.59 Å². The molecule has 2 atom stereocenters. The molecular formula is C15H18N4O2. The van der Waals surface area contributed by atoms with Gasteiger partial charge in [-0.05, 0) is 26.0 Å². The highest BCUT2D eigenvalue weighted by molar-refractivity contribution is 5.94. The summed E-state index contributed by atoms with van der Waals surface area (Å²) in [6.07, 6.45) is 3.02. The molecule has 110 valence electrons. The third kappa shape index (κ3) is 2.31. The minimum Gasteiger partial charge on any atom is -0.333 e. The van der Waals surface area contributed by atoms with Gasteiger partial charge in [0.05, 0.1) is 0 Å². The van der Waals surface area contributed by atoms with E-state index in [4.69, 9.17) is 0 Å². The predicted octanol–water partition coefficient (Wildman–Crippen LogP) is 0.517. The van der Waals surface area contributed by atoms with Crippen molar-refractivity contribution in [1.29, 1.82) is 0 Å². The highest BCUT2D eigenvalue weighted by Gasteiger charge is 2.30. The van der Waals surface area contributed by atoms with Gasteiger partial charge in [0.15, 0.2) is 0 Å². The third-order valence-corrected chi connectivity index (χ3v) is 4.14. The fraction of sp³-hybridized carbons (Fsp3) is 0.400. The van der Waals surface area contributed by atoms with Crippen molar-refractivity contribution in [2.75, 3.05) is 13.1 Å². The lowest BCUT2D eigenvalue weighted by molar-refractivity contribution is 0.0600. The van der Waals surface area contributed by atoms with Crippen molar-refractivity contribution in [2.24, 2.45) is 0 Å². The van der Waals surface area contributed by atoms with Gasteiger partial charge in [-0.25, -0.2) is 4.98 Å². The van der Waals surface area contributed by atoms with Crippen LogP contribution in [0.25, 0.3) is 5.65 Å². The van der Waals surface area contributed by atoms with E-state index in [0.29, 0.717) is 12.2 Å². The minimum absolute atomic E-state index is 0.0436. The second-order valence-electron chi connectivity index (χ2n) is 5.39. The fourth-order valence-electron chi connectivity index (χ4n) is 2.67. The zero-order chi connectivity index (χ0) is 15.0. The molecule has 21 heavy (non-hydrogen) atoms. The second kappa shape index (κ2) is 5.29. The topological polar surface area (TPSA) is 66.7 Å². The van der Waals surface area contributed by atoms with Crippen LogP contribution in [-0.2, 0) is 0 Å². The van der Waals surface area contributed by atoms with E-state index in [1.807, 2.05) is 19.9 Å². The van der Waals surface area contributed by atoms with Crippen LogP contribution in [-0.4, -0.2) is 45.4 Å². The molecule has 0 aliphatic carbocycles. The Morgan fingerprint density at radius 2 is 2.19 bits per heavy atom. The number of fused-ring (bicyclic) bond motifs is 1. The number of nitrogens with zero attached hydrogens (tertiary/aromatic N) is 3. The van der Waals surface area contributed by atoms with Crippen LogP contribution < -0.4 is 10.9 Å². The number of rotatable bonds is 1. The van der Waals surface area contributed by atoms with E-state index in [0.717, 1.165) is 6.54 Å². The Kier molecular flexibility index (Phi) is 3.47. The van der Waals surface area contributed by atoms with Crippen LogP contribution in [0.15, 0.2) is 35.4 Å². The van der Waals surface area contributed by atoms with Crippen LogP contribution in [0.5, 0.6) is 0 Å². The van der Waals surface area contributed by atoms with E-state index < -0.39 is 0 Å². The van der Waals surface area contributed by atoms with Crippen LogP contribution in [0.1, 0.15) is 24.2 Å². The summed E-state index contributed by atoms with van der Waals surface area (Å²) >= 11 is 0. The van der Waals surface area contributed by atoms with Crippen molar-refractivity contribution < 1.29 is 4.79 Å². The Morgan fingerprint density at radius 3 is 3.00 bits per heavy atom. The lowest BCUT2D eigenvalue weighted by atomic mass is 10.1. The van der Waals surface area contributed by atoms with Crippen molar-refractivity contribution in [3.63, 3.8) is 0 Å². The molecule has 1 saturated heterocycles. The number of piperazine rings is 1. The van der Waals surface area contributed by atoms with E-state index in [1.165, 1.54) is 10.6 Å². The molecule has 1 N–H and O–H groups in total. The van der Waals surface area contributed by atoms with Gasteiger partial charge < -0.3 is 10.2 Å². The Morgan fingerprint density at radius 1 is 1.38 bits per heavy atom. The number of hydrogen-bond acceptors (Lipinski definition) is 4. The van der Waals surface area contributed by atoms with Crippen molar-refractivity contribution in [2.45, 2.75) is 25.9 Å². The van der Waals surface area contributed by atoms with Gasteiger partial charge in [0.1, 0.15) is 11.2 Å². The smallest absolute Gasteiger partial charge is 0.270 e. The number of amides is 1. The monoisotopic (exact) mass is 286 g/mol. The van der Waals surface area contributed by atoms with Crippen molar-refractivity contribution >= 4 is 11.6 Å². The second-order valence-corrected chi connectivity index (χ2v) is 5.39. The van der Waals surface area contributed by atoms with Gasteiger partial charge in [-0.15, -0.1) is 0 Å². The number of aromatic nitrogens is 2. The Balaban J connectivity index is 2.02. The van der Waals surface area contributed by atoms with Crippen LogP contribution in [0.4, 0.5) is 0 Å². The van der Waals surface area contributed by atoms with Crippen molar-refractivity contribution in [3.05, 3.63) is 46.5 Å². The molecule has 2 unspecified atom stereocenters. The summed E-state index contributed by atoms with van der Waals surface area (Å²) in [5, 5.41) is 3.32. The first-order chi connectivity index (χ1) is 10.1. The molecule has 3 heterocycles. The molecule has 2 aromatic rings. The molecular weight excluding hydrogens is 268 g/mol. The Labute approximate surface area is 122 Å². The zero-order valence-electron chi connectivity index (χ0n) is 12.1. The SMILES string of the molecule is CC1NCCN(C(=O)c2cnc3ccccn3c2=O)C1C. The lowest BCUT2D eigenvalue weighted by Crippen LogP contribution is -2.57. The Hall–Kier alpha value is -2.21. The summed E-state index contributed by atoms with van der Waals surface area (Å²) in [5.74, 6) is -0.244. The molecule has 1 aliphatic heterocycles. The van der Waals surface area contributed by atoms with Gasteiger partial charge in [0.2, 0.25) is 0 Å². The van der Waals surface area contributed by atoms with E-state index in [1.54, 1.807) is 23.2 Å². The molecule has 0 saturated carbocycles. The lowest BCUT2D eigenvalue weighted by Gasteiger charge is -2.38. The molecule has 3 rings (SSSR count). The standard InChI is InChI=1S/C15H18N4O2/c1-10-11(2)18(8-6-16-10)14(20)12-9-17-13-5-3-4-7-19(13)15(12)21/h3-5,7,9-11,16H,6,8H2,1-2H3. The van der Waals surface area contributed by atoms with E-state index in [-0.39, 0.29) is 29.1 Å². The first kappa shape index (κ1) is 13.8. The van der Waals surface area contributed by atoms with Gasteiger partial charge in [0, 0.05) is 37.6 Å². The maximum Gasteiger partial charge on any atom is 0.270 e. The predicted molar refractivity (Wildman–Crippen MR) is 79.4 cm³/mol. The molecule has 1 fully saturated rings. The molecule has 0 spiro atoms. The zero-order valence-corrected chi connectivity index (χ0v) is 12.1. The molecule has 1 aliphatic rings. The highest BCUT2D eigenvalue weighted by Crippen LogP contribution is 2.12. The van der Waals surface area contributed by atoms with Crippen molar-refractivity contribution in [3.8, 4) is 0 Å². The van der Waals surface area contributed by atoms with Gasteiger partial charge in [-0.1, -0.05) is 6.07 Å². The van der Waals surface area contributed by atoms with Gasteiger partial charge >= 0.3 is 0 Å². The maximum atomic E-state index is 12.7. The highest BCUT2D eigenvalue weighted by atomic mass is 16.2. The fourth-order valence-corrected chi connectivity index (χ4v) is 2.67. The molecule has 2 aromatic heterocycles. The summed E-state index contributed by atoms with van der Waals surface area (Å²) in [6.45, 7) is 5.36. The average Bonchev–Trinajstić information content (AvgIpc) is 2.50. The summed E-state index contributed by atoms with van der Waals surface area (Å²) in [5.41, 5.74) is 0.351. The normalized spacial score (nSPS) is 22.5. The van der Waals surface area contributed by atoms with Gasteiger partial charge in [-0.3, -0.25) is 14.0 Å². The van der Waals surface area contributed by atoms with E-state index in [2.05, 4.69) is 10.3 Å². The van der Waals surface area contributed by atoms with Crippen LogP contribution in [0, 0.1) is 0 Å². The van der Waals surface area contributed by atoms with Crippen molar-refractivity contribution in [1.82, 2.24) is 19.6 Å². The molecule has 0 bridgehead atoms. The number of pyridine rings is 1. The van der Waals surface area contributed by atoms with Gasteiger partial charge in [-0.2, -0.15) is 0 Å². The summed E-state index contributed by atoms with van der Waals surface area (Å²) < 4.78 is 1.41.